The van der Waals surface area contributed by atoms with Gasteiger partial charge in [-0.15, -0.1) is 0 Å². The molecule has 1 atom stereocenters. The molecule has 84 valence electrons. The van der Waals surface area contributed by atoms with Gasteiger partial charge in [0.25, 0.3) is 0 Å². The summed E-state index contributed by atoms with van der Waals surface area (Å²) in [7, 11) is 0. The lowest BCUT2D eigenvalue weighted by molar-refractivity contribution is -0.141. The van der Waals surface area contributed by atoms with Crippen LogP contribution in [0.5, 0.6) is 0 Å². The van der Waals surface area contributed by atoms with Crippen LogP contribution in [0.25, 0.3) is 0 Å². The Hall–Kier alpha value is -1.10. The number of rotatable bonds is 3. The number of halogens is 3. The van der Waals surface area contributed by atoms with Gasteiger partial charge in [-0.3, -0.25) is 4.98 Å². The highest BCUT2D eigenvalue weighted by Gasteiger charge is 2.32. The molecule has 0 spiro atoms. The molecule has 0 aliphatic carbocycles. The van der Waals surface area contributed by atoms with Crippen LogP contribution in [0.1, 0.15) is 37.1 Å². The lowest BCUT2D eigenvalue weighted by Crippen LogP contribution is -2.13. The van der Waals surface area contributed by atoms with Crippen molar-refractivity contribution < 1.29 is 13.2 Å². The second-order valence-electron chi connectivity index (χ2n) is 3.37. The van der Waals surface area contributed by atoms with Crippen molar-refractivity contribution in [3.8, 4) is 0 Å². The molecule has 1 unspecified atom stereocenters. The van der Waals surface area contributed by atoms with E-state index in [1.165, 1.54) is 6.07 Å². The summed E-state index contributed by atoms with van der Waals surface area (Å²) in [6.07, 6.45) is -1.75. The van der Waals surface area contributed by atoms with E-state index < -0.39 is 11.9 Å². The zero-order valence-electron chi connectivity index (χ0n) is 8.38. The summed E-state index contributed by atoms with van der Waals surface area (Å²) < 4.78 is 36.9. The molecule has 0 aromatic carbocycles. The Morgan fingerprint density at radius 3 is 2.67 bits per heavy atom. The molecular formula is C10H13F3N2. The molecule has 0 bridgehead atoms. The molecule has 0 amide bonds. The van der Waals surface area contributed by atoms with Crippen LogP contribution < -0.4 is 5.73 Å². The monoisotopic (exact) mass is 218 g/mol. The molecule has 2 nitrogen and oxygen atoms in total. The maximum absolute atomic E-state index is 12.3. The zero-order valence-corrected chi connectivity index (χ0v) is 8.38. The highest BCUT2D eigenvalue weighted by Crippen LogP contribution is 2.29. The van der Waals surface area contributed by atoms with Gasteiger partial charge < -0.3 is 5.73 Å². The first-order valence-electron chi connectivity index (χ1n) is 4.74. The molecule has 1 rings (SSSR count). The fourth-order valence-corrected chi connectivity index (χ4v) is 1.31. The Morgan fingerprint density at radius 2 is 2.13 bits per heavy atom. The number of hydrogen-bond acceptors (Lipinski definition) is 2. The summed E-state index contributed by atoms with van der Waals surface area (Å²) in [5.74, 6) is 0. The van der Waals surface area contributed by atoms with Gasteiger partial charge in [0.1, 0.15) is 5.69 Å². The predicted octanol–water partition coefficient (Wildman–Crippen LogP) is 2.90. The minimum absolute atomic E-state index is 0.348. The van der Waals surface area contributed by atoms with E-state index in [1.807, 2.05) is 6.92 Å². The van der Waals surface area contributed by atoms with E-state index in [1.54, 1.807) is 0 Å². The second kappa shape index (κ2) is 4.61. The van der Waals surface area contributed by atoms with Crippen LogP contribution in [-0.2, 0) is 6.18 Å². The molecular weight excluding hydrogens is 205 g/mol. The number of nitrogens with zero attached hydrogens (tertiary/aromatic N) is 1. The Morgan fingerprint density at radius 1 is 1.47 bits per heavy atom. The van der Waals surface area contributed by atoms with Crippen LogP contribution in [-0.4, -0.2) is 4.98 Å². The summed E-state index contributed by atoms with van der Waals surface area (Å²) >= 11 is 0. The van der Waals surface area contributed by atoms with Crippen LogP contribution in [0.15, 0.2) is 18.3 Å². The molecule has 1 heterocycles. The van der Waals surface area contributed by atoms with Gasteiger partial charge in [0.15, 0.2) is 0 Å². The van der Waals surface area contributed by atoms with Gasteiger partial charge >= 0.3 is 6.18 Å². The van der Waals surface area contributed by atoms with Crippen molar-refractivity contribution in [3.05, 3.63) is 29.6 Å². The van der Waals surface area contributed by atoms with E-state index in [0.29, 0.717) is 12.0 Å². The molecule has 0 aliphatic rings. The van der Waals surface area contributed by atoms with Crippen molar-refractivity contribution in [1.29, 1.82) is 0 Å². The zero-order chi connectivity index (χ0) is 11.5. The Balaban J connectivity index is 2.92. The quantitative estimate of drug-likeness (QED) is 0.847. The second-order valence-corrected chi connectivity index (χ2v) is 3.37. The highest BCUT2D eigenvalue weighted by atomic mass is 19.4. The Bertz CT molecular complexity index is 323. The van der Waals surface area contributed by atoms with Crippen molar-refractivity contribution in [2.45, 2.75) is 32.0 Å². The fourth-order valence-electron chi connectivity index (χ4n) is 1.31. The van der Waals surface area contributed by atoms with Crippen LogP contribution in [0, 0.1) is 0 Å². The smallest absolute Gasteiger partial charge is 0.324 e. The van der Waals surface area contributed by atoms with E-state index in [2.05, 4.69) is 4.98 Å². The van der Waals surface area contributed by atoms with Crippen LogP contribution >= 0.6 is 0 Å². The van der Waals surface area contributed by atoms with Crippen molar-refractivity contribution in [2.24, 2.45) is 5.73 Å². The predicted molar refractivity (Wildman–Crippen MR) is 51.1 cm³/mol. The number of pyridine rings is 1. The van der Waals surface area contributed by atoms with Gasteiger partial charge in [-0.1, -0.05) is 13.3 Å². The largest absolute Gasteiger partial charge is 0.433 e. The molecule has 2 N–H and O–H groups in total. The van der Waals surface area contributed by atoms with E-state index in [4.69, 9.17) is 5.73 Å². The summed E-state index contributed by atoms with van der Waals surface area (Å²) in [6.45, 7) is 1.94. The highest BCUT2D eigenvalue weighted by molar-refractivity contribution is 5.21. The molecule has 1 aromatic rings. The van der Waals surface area contributed by atoms with E-state index >= 15 is 0 Å². The minimum Gasteiger partial charge on any atom is -0.324 e. The molecule has 0 fully saturated rings. The lowest BCUT2D eigenvalue weighted by Gasteiger charge is -2.12. The van der Waals surface area contributed by atoms with Crippen LogP contribution in [0.4, 0.5) is 13.2 Å². The molecule has 15 heavy (non-hydrogen) atoms. The Kier molecular flexibility index (Phi) is 3.68. The fraction of sp³-hybridized carbons (Fsp3) is 0.500. The van der Waals surface area contributed by atoms with Gasteiger partial charge in [-0.05, 0) is 24.1 Å². The van der Waals surface area contributed by atoms with Crippen molar-refractivity contribution in [3.63, 3.8) is 0 Å². The molecule has 0 aliphatic heterocycles. The lowest BCUT2D eigenvalue weighted by atomic mass is 10.0. The standard InChI is InChI=1S/C10H13F3N2/c1-2-3-8(14)7-4-5-15-9(6-7)10(11,12)13/h4-6,8H,2-3,14H2,1H3. The van der Waals surface area contributed by atoms with Crippen molar-refractivity contribution in [1.82, 2.24) is 4.98 Å². The molecule has 5 heteroatoms. The summed E-state index contributed by atoms with van der Waals surface area (Å²) in [6, 6.07) is 2.19. The van der Waals surface area contributed by atoms with Crippen molar-refractivity contribution >= 4 is 0 Å². The van der Waals surface area contributed by atoms with Gasteiger partial charge in [0.05, 0.1) is 0 Å². The minimum atomic E-state index is -4.40. The third kappa shape index (κ3) is 3.20. The molecule has 0 saturated heterocycles. The third-order valence-corrected chi connectivity index (χ3v) is 2.10. The molecule has 1 aromatic heterocycles. The normalized spacial score (nSPS) is 13.9. The van der Waals surface area contributed by atoms with Gasteiger partial charge in [-0.25, -0.2) is 0 Å². The number of alkyl halides is 3. The first kappa shape index (κ1) is 12.0. The summed E-state index contributed by atoms with van der Waals surface area (Å²) in [4.78, 5) is 3.27. The molecule has 0 radical (unpaired) electrons. The van der Waals surface area contributed by atoms with E-state index in [-0.39, 0.29) is 6.04 Å². The van der Waals surface area contributed by atoms with Crippen LogP contribution in [0.3, 0.4) is 0 Å². The topological polar surface area (TPSA) is 38.9 Å². The average Bonchev–Trinajstić information content (AvgIpc) is 2.17. The third-order valence-electron chi connectivity index (χ3n) is 2.10. The summed E-state index contributed by atoms with van der Waals surface area (Å²) in [5, 5.41) is 0. The van der Waals surface area contributed by atoms with Gasteiger partial charge in [0, 0.05) is 12.2 Å². The van der Waals surface area contributed by atoms with E-state index in [0.717, 1.165) is 18.7 Å². The van der Waals surface area contributed by atoms with E-state index in [9.17, 15) is 13.2 Å². The van der Waals surface area contributed by atoms with Gasteiger partial charge in [-0.2, -0.15) is 13.2 Å². The molecule has 0 saturated carbocycles. The van der Waals surface area contributed by atoms with Crippen molar-refractivity contribution in [2.75, 3.05) is 0 Å². The average molecular weight is 218 g/mol. The van der Waals surface area contributed by atoms with Crippen LogP contribution in [0.2, 0.25) is 0 Å². The van der Waals surface area contributed by atoms with Gasteiger partial charge in [0.2, 0.25) is 0 Å². The maximum Gasteiger partial charge on any atom is 0.433 e. The maximum atomic E-state index is 12.3. The first-order chi connectivity index (χ1) is 6.95. The number of nitrogens with two attached hydrogens (primary N) is 1. The Labute approximate surface area is 86.3 Å². The SMILES string of the molecule is CCCC(N)c1ccnc(C(F)(F)F)c1. The number of aromatic nitrogens is 1. The first-order valence-corrected chi connectivity index (χ1v) is 4.74. The summed E-state index contributed by atoms with van der Waals surface area (Å²) in [5.41, 5.74) is 5.33. The number of hydrogen-bond donors (Lipinski definition) is 1.